The number of imidazole rings is 1. The van der Waals surface area contributed by atoms with Gasteiger partial charge in [-0.1, -0.05) is 12.1 Å². The second-order valence-corrected chi connectivity index (χ2v) is 8.65. The van der Waals surface area contributed by atoms with Gasteiger partial charge in [0.15, 0.2) is 0 Å². The smallest absolute Gasteiger partial charge is 0.216 e. The van der Waals surface area contributed by atoms with Crippen LogP contribution in [0.1, 0.15) is 30.1 Å². The molecular formula is C18H24FN3O3S. The average molecular weight is 381 g/mol. The number of nitrogens with zero attached hydrogens (tertiary/aromatic N) is 2. The predicted molar refractivity (Wildman–Crippen MR) is 96.8 cm³/mol. The van der Waals surface area contributed by atoms with E-state index < -0.39 is 16.1 Å². The number of halogens is 1. The normalized spacial score (nSPS) is 20.2. The summed E-state index contributed by atoms with van der Waals surface area (Å²) in [4.78, 5) is 7.34. The Bertz CT molecular complexity index is 794. The number of aromatic nitrogens is 2. The molecule has 1 saturated heterocycles. The molecule has 1 aromatic heterocycles. The van der Waals surface area contributed by atoms with Gasteiger partial charge >= 0.3 is 0 Å². The number of nitrogens with one attached hydrogen (secondary N) is 1. The van der Waals surface area contributed by atoms with E-state index in [9.17, 15) is 12.8 Å². The first kappa shape index (κ1) is 19.0. The third kappa shape index (κ3) is 4.69. The zero-order chi connectivity index (χ0) is 18.6. The van der Waals surface area contributed by atoms with Crippen LogP contribution in [0.25, 0.3) is 0 Å². The number of methoxy groups -OCH3 is 1. The van der Waals surface area contributed by atoms with Crippen LogP contribution in [0.2, 0.25) is 0 Å². The molecular weight excluding hydrogens is 357 g/mol. The molecule has 2 atom stereocenters. The van der Waals surface area contributed by atoms with Gasteiger partial charge in [-0.2, -0.15) is 0 Å². The molecule has 2 aromatic rings. The summed E-state index contributed by atoms with van der Waals surface area (Å²) >= 11 is 0. The Morgan fingerprint density at radius 3 is 2.81 bits per heavy atom. The van der Waals surface area contributed by atoms with E-state index in [1.807, 2.05) is 0 Å². The minimum absolute atomic E-state index is 0.0895. The van der Waals surface area contributed by atoms with Crippen LogP contribution in [0.15, 0.2) is 36.7 Å². The van der Waals surface area contributed by atoms with E-state index >= 15 is 0 Å². The van der Waals surface area contributed by atoms with Crippen LogP contribution < -0.4 is 0 Å². The van der Waals surface area contributed by atoms with Gasteiger partial charge in [-0.3, -0.25) is 0 Å². The maximum Gasteiger partial charge on any atom is 0.216 e. The number of ether oxygens (including phenoxy) is 1. The van der Waals surface area contributed by atoms with E-state index in [2.05, 4.69) is 9.97 Å². The minimum Gasteiger partial charge on any atom is -0.380 e. The molecule has 1 aromatic carbocycles. The standard InChI is InChI=1S/C18H24FN3O3S/c1-25-17(11-14-4-6-16(19)7-5-14)13-26(23,24)22-10-2-3-15(12-22)18-20-8-9-21-18/h4-9,15,17H,2-3,10-13H2,1H3,(H,20,21). The lowest BCUT2D eigenvalue weighted by Gasteiger charge is -2.32. The SMILES string of the molecule is COC(Cc1ccc(F)cc1)CS(=O)(=O)N1CCCC(c2ncc[nH]2)C1. The molecule has 1 fully saturated rings. The number of aromatic amines is 1. The highest BCUT2D eigenvalue weighted by atomic mass is 32.2. The summed E-state index contributed by atoms with van der Waals surface area (Å²) in [5.41, 5.74) is 0.848. The monoisotopic (exact) mass is 381 g/mol. The van der Waals surface area contributed by atoms with Crippen molar-refractivity contribution in [3.8, 4) is 0 Å². The van der Waals surface area contributed by atoms with Gasteiger partial charge in [0, 0.05) is 38.5 Å². The summed E-state index contributed by atoms with van der Waals surface area (Å²) in [6.45, 7) is 0.954. The summed E-state index contributed by atoms with van der Waals surface area (Å²) in [5, 5.41) is 0. The van der Waals surface area contributed by atoms with Gasteiger partial charge < -0.3 is 9.72 Å². The summed E-state index contributed by atoms with van der Waals surface area (Å²) in [5.74, 6) is 0.518. The maximum atomic E-state index is 13.0. The van der Waals surface area contributed by atoms with Crippen molar-refractivity contribution in [2.24, 2.45) is 0 Å². The Morgan fingerprint density at radius 2 is 2.15 bits per heavy atom. The molecule has 1 N–H and O–H groups in total. The average Bonchev–Trinajstić information content (AvgIpc) is 3.18. The lowest BCUT2D eigenvalue weighted by atomic mass is 9.99. The molecule has 0 amide bonds. The highest BCUT2D eigenvalue weighted by Gasteiger charge is 2.32. The van der Waals surface area contributed by atoms with Gasteiger partial charge in [0.05, 0.1) is 11.9 Å². The highest BCUT2D eigenvalue weighted by Crippen LogP contribution is 2.26. The molecule has 0 saturated carbocycles. The third-order valence-corrected chi connectivity index (χ3v) is 6.70. The molecule has 0 spiro atoms. The van der Waals surface area contributed by atoms with Crippen molar-refractivity contribution in [1.82, 2.24) is 14.3 Å². The topological polar surface area (TPSA) is 75.3 Å². The fraction of sp³-hybridized carbons (Fsp3) is 0.500. The number of hydrogen-bond donors (Lipinski definition) is 1. The Balaban J connectivity index is 1.65. The molecule has 2 heterocycles. The van der Waals surface area contributed by atoms with Crippen molar-refractivity contribution in [1.29, 1.82) is 0 Å². The van der Waals surface area contributed by atoms with Crippen molar-refractivity contribution in [3.63, 3.8) is 0 Å². The molecule has 2 unspecified atom stereocenters. The Morgan fingerprint density at radius 1 is 1.38 bits per heavy atom. The highest BCUT2D eigenvalue weighted by molar-refractivity contribution is 7.89. The van der Waals surface area contributed by atoms with Crippen LogP contribution in [-0.2, 0) is 21.2 Å². The number of benzene rings is 1. The predicted octanol–water partition coefficient (Wildman–Crippen LogP) is 2.32. The van der Waals surface area contributed by atoms with Crippen LogP contribution in [-0.4, -0.2) is 54.7 Å². The fourth-order valence-corrected chi connectivity index (χ4v) is 5.10. The lowest BCUT2D eigenvalue weighted by molar-refractivity contribution is 0.119. The van der Waals surface area contributed by atoms with E-state index in [0.717, 1.165) is 24.2 Å². The fourth-order valence-electron chi connectivity index (χ4n) is 3.35. The molecule has 0 radical (unpaired) electrons. The molecule has 1 aliphatic rings. The second-order valence-electron chi connectivity index (χ2n) is 6.64. The van der Waals surface area contributed by atoms with Crippen molar-refractivity contribution in [2.45, 2.75) is 31.3 Å². The zero-order valence-electron chi connectivity index (χ0n) is 14.8. The minimum atomic E-state index is -3.45. The largest absolute Gasteiger partial charge is 0.380 e. The second kappa shape index (κ2) is 8.28. The van der Waals surface area contributed by atoms with E-state index in [0.29, 0.717) is 19.5 Å². The molecule has 6 nitrogen and oxygen atoms in total. The number of rotatable bonds is 7. The Kier molecular flexibility index (Phi) is 6.05. The van der Waals surface area contributed by atoms with E-state index in [1.54, 1.807) is 28.8 Å². The van der Waals surface area contributed by atoms with Crippen molar-refractivity contribution < 1.29 is 17.5 Å². The van der Waals surface area contributed by atoms with Gasteiger partial charge in [0.2, 0.25) is 10.0 Å². The first-order valence-corrected chi connectivity index (χ1v) is 10.3. The molecule has 26 heavy (non-hydrogen) atoms. The summed E-state index contributed by atoms with van der Waals surface area (Å²) in [6.07, 6.45) is 5.11. The van der Waals surface area contributed by atoms with E-state index in [4.69, 9.17) is 4.74 Å². The van der Waals surface area contributed by atoms with Crippen LogP contribution in [0.5, 0.6) is 0 Å². The van der Waals surface area contributed by atoms with Gasteiger partial charge in [-0.15, -0.1) is 0 Å². The Labute approximate surface area is 153 Å². The molecule has 3 rings (SSSR count). The maximum absolute atomic E-state index is 13.0. The number of piperidine rings is 1. The molecule has 142 valence electrons. The van der Waals surface area contributed by atoms with Gasteiger partial charge in [-0.05, 0) is 37.0 Å². The number of sulfonamides is 1. The van der Waals surface area contributed by atoms with Gasteiger partial charge in [0.1, 0.15) is 11.6 Å². The van der Waals surface area contributed by atoms with Crippen molar-refractivity contribution in [2.75, 3.05) is 26.0 Å². The molecule has 0 bridgehead atoms. The molecule has 1 aliphatic heterocycles. The van der Waals surface area contributed by atoms with Crippen molar-refractivity contribution in [3.05, 3.63) is 53.9 Å². The molecule has 0 aliphatic carbocycles. The zero-order valence-corrected chi connectivity index (χ0v) is 15.6. The van der Waals surface area contributed by atoms with Crippen LogP contribution in [0, 0.1) is 5.82 Å². The summed E-state index contributed by atoms with van der Waals surface area (Å²) in [6, 6.07) is 6.05. The van der Waals surface area contributed by atoms with Crippen molar-refractivity contribution >= 4 is 10.0 Å². The first-order chi connectivity index (χ1) is 12.5. The number of H-pyrrole nitrogens is 1. The summed E-state index contributed by atoms with van der Waals surface area (Å²) in [7, 11) is -1.95. The van der Waals surface area contributed by atoms with Gasteiger partial charge in [0.25, 0.3) is 0 Å². The quantitative estimate of drug-likeness (QED) is 0.799. The van der Waals surface area contributed by atoms with E-state index in [1.165, 1.54) is 19.2 Å². The molecule has 8 heteroatoms. The third-order valence-electron chi connectivity index (χ3n) is 4.79. The Hall–Kier alpha value is -1.77. The lowest BCUT2D eigenvalue weighted by Crippen LogP contribution is -2.43. The van der Waals surface area contributed by atoms with Crippen LogP contribution in [0.4, 0.5) is 4.39 Å². The summed E-state index contributed by atoms with van der Waals surface area (Å²) < 4.78 is 45.7. The van der Waals surface area contributed by atoms with E-state index in [-0.39, 0.29) is 17.5 Å². The number of hydrogen-bond acceptors (Lipinski definition) is 4. The van der Waals surface area contributed by atoms with Crippen LogP contribution >= 0.6 is 0 Å². The van der Waals surface area contributed by atoms with Gasteiger partial charge in [-0.25, -0.2) is 22.1 Å². The van der Waals surface area contributed by atoms with Crippen LogP contribution in [0.3, 0.4) is 0 Å². The first-order valence-electron chi connectivity index (χ1n) is 8.72.